The molecule has 0 unspecified atom stereocenters. The molecule has 2 aromatic rings. The summed E-state index contributed by atoms with van der Waals surface area (Å²) in [6, 6.07) is 1.62. The second kappa shape index (κ2) is 5.77. The zero-order chi connectivity index (χ0) is 15.8. The van der Waals surface area contributed by atoms with E-state index in [0.29, 0.717) is 42.1 Å². The predicted octanol–water partition coefficient (Wildman–Crippen LogP) is 2.47. The Labute approximate surface area is 138 Å². The van der Waals surface area contributed by atoms with Crippen molar-refractivity contribution >= 4 is 17.5 Å². The summed E-state index contributed by atoms with van der Waals surface area (Å²) < 4.78 is 5.59. The standard InChI is InChI=1S/C16H15ClN4O2/c17-13-3-11(5-19-15(13)23-8-10-1-2-10)16(22)21-6-12-4-18-9-20-14(12)7-21/h3-5,9-10H,1-2,6-8H2. The Balaban J connectivity index is 1.47. The molecule has 0 saturated heterocycles. The second-order valence-corrected chi connectivity index (χ2v) is 6.33. The molecule has 0 atom stereocenters. The van der Waals surface area contributed by atoms with Gasteiger partial charge in [-0.05, 0) is 24.8 Å². The van der Waals surface area contributed by atoms with E-state index in [4.69, 9.17) is 16.3 Å². The van der Waals surface area contributed by atoms with Gasteiger partial charge in [-0.1, -0.05) is 11.6 Å². The van der Waals surface area contributed by atoms with Crippen LogP contribution < -0.4 is 4.74 Å². The molecule has 2 aromatic heterocycles. The molecule has 0 radical (unpaired) electrons. The van der Waals surface area contributed by atoms with Gasteiger partial charge in [0, 0.05) is 24.5 Å². The summed E-state index contributed by atoms with van der Waals surface area (Å²) in [5.41, 5.74) is 2.32. The molecule has 0 N–H and O–H groups in total. The minimum absolute atomic E-state index is 0.119. The number of fused-ring (bicyclic) bond motifs is 1. The van der Waals surface area contributed by atoms with E-state index >= 15 is 0 Å². The Morgan fingerprint density at radius 1 is 1.30 bits per heavy atom. The molecule has 1 aliphatic heterocycles. The normalized spacial score (nSPS) is 16.3. The third kappa shape index (κ3) is 2.99. The Kier molecular flexibility index (Phi) is 3.61. The van der Waals surface area contributed by atoms with Gasteiger partial charge in [0.1, 0.15) is 11.3 Å². The van der Waals surface area contributed by atoms with Crippen LogP contribution in [0.15, 0.2) is 24.8 Å². The number of hydrogen-bond donors (Lipinski definition) is 0. The van der Waals surface area contributed by atoms with Crippen molar-refractivity contribution in [2.45, 2.75) is 25.9 Å². The van der Waals surface area contributed by atoms with E-state index in [2.05, 4.69) is 15.0 Å². The van der Waals surface area contributed by atoms with Gasteiger partial charge in [-0.25, -0.2) is 15.0 Å². The van der Waals surface area contributed by atoms with Gasteiger partial charge < -0.3 is 9.64 Å². The zero-order valence-electron chi connectivity index (χ0n) is 12.4. The summed E-state index contributed by atoms with van der Waals surface area (Å²) in [5, 5.41) is 0.369. The van der Waals surface area contributed by atoms with Crippen LogP contribution in [0.5, 0.6) is 5.88 Å². The molecule has 118 valence electrons. The molecular weight excluding hydrogens is 316 g/mol. The average Bonchev–Trinajstić information content (AvgIpc) is 3.29. The number of nitrogens with zero attached hydrogens (tertiary/aromatic N) is 4. The highest BCUT2D eigenvalue weighted by Gasteiger charge is 2.26. The SMILES string of the molecule is O=C(c1cnc(OCC2CC2)c(Cl)c1)N1Cc2cncnc2C1. The third-order valence-electron chi connectivity index (χ3n) is 4.08. The van der Waals surface area contributed by atoms with E-state index < -0.39 is 0 Å². The molecule has 1 fully saturated rings. The van der Waals surface area contributed by atoms with Crippen LogP contribution in [0.1, 0.15) is 34.5 Å². The second-order valence-electron chi connectivity index (χ2n) is 5.92. The lowest BCUT2D eigenvalue weighted by molar-refractivity contribution is 0.0750. The number of carbonyl (C=O) groups is 1. The number of aromatic nitrogens is 3. The van der Waals surface area contributed by atoms with Crippen molar-refractivity contribution in [3.63, 3.8) is 0 Å². The Bertz CT molecular complexity index is 738. The molecule has 0 bridgehead atoms. The van der Waals surface area contributed by atoms with Crippen LogP contribution in [0.25, 0.3) is 0 Å². The monoisotopic (exact) mass is 330 g/mol. The van der Waals surface area contributed by atoms with Crippen LogP contribution in [0, 0.1) is 5.92 Å². The van der Waals surface area contributed by atoms with Gasteiger partial charge in [0.05, 0.1) is 24.4 Å². The first-order valence-corrected chi connectivity index (χ1v) is 7.94. The first kappa shape index (κ1) is 14.4. The van der Waals surface area contributed by atoms with Crippen LogP contribution in [0.3, 0.4) is 0 Å². The van der Waals surface area contributed by atoms with Crippen molar-refractivity contribution < 1.29 is 9.53 Å². The highest BCUT2D eigenvalue weighted by molar-refractivity contribution is 6.32. The van der Waals surface area contributed by atoms with Crippen molar-refractivity contribution in [1.82, 2.24) is 19.9 Å². The Hall–Kier alpha value is -2.21. The molecule has 1 amide bonds. The van der Waals surface area contributed by atoms with E-state index in [1.54, 1.807) is 17.2 Å². The van der Waals surface area contributed by atoms with Crippen LogP contribution >= 0.6 is 11.6 Å². The predicted molar refractivity (Wildman–Crippen MR) is 83.1 cm³/mol. The summed E-state index contributed by atoms with van der Waals surface area (Å²) in [5.74, 6) is 0.898. The lowest BCUT2D eigenvalue weighted by Crippen LogP contribution is -2.25. The van der Waals surface area contributed by atoms with Crippen molar-refractivity contribution in [3.05, 3.63) is 46.6 Å². The number of halogens is 1. The molecule has 1 aliphatic carbocycles. The molecule has 7 heteroatoms. The molecule has 3 heterocycles. The molecule has 1 saturated carbocycles. The summed E-state index contributed by atoms with van der Waals surface area (Å²) >= 11 is 6.19. The largest absolute Gasteiger partial charge is 0.476 e. The van der Waals surface area contributed by atoms with Gasteiger partial charge >= 0.3 is 0 Å². The summed E-state index contributed by atoms with van der Waals surface area (Å²) in [7, 11) is 0. The summed E-state index contributed by atoms with van der Waals surface area (Å²) in [6.45, 7) is 1.63. The van der Waals surface area contributed by atoms with Crippen LogP contribution in [0.2, 0.25) is 5.02 Å². The van der Waals surface area contributed by atoms with Gasteiger partial charge in [0.15, 0.2) is 0 Å². The third-order valence-corrected chi connectivity index (χ3v) is 4.35. The first-order chi connectivity index (χ1) is 11.2. The maximum atomic E-state index is 12.6. The molecule has 0 aromatic carbocycles. The van der Waals surface area contributed by atoms with Crippen molar-refractivity contribution in [2.75, 3.05) is 6.61 Å². The number of hydrogen-bond acceptors (Lipinski definition) is 5. The molecule has 0 spiro atoms. The number of carbonyl (C=O) groups excluding carboxylic acids is 1. The van der Waals surface area contributed by atoms with Crippen LogP contribution in [0.4, 0.5) is 0 Å². The fourth-order valence-electron chi connectivity index (χ4n) is 2.56. The number of ether oxygens (including phenoxy) is 1. The van der Waals surface area contributed by atoms with Crippen LogP contribution in [-0.2, 0) is 13.1 Å². The van der Waals surface area contributed by atoms with E-state index in [1.165, 1.54) is 25.4 Å². The number of rotatable bonds is 4. The van der Waals surface area contributed by atoms with Gasteiger partial charge in [0.25, 0.3) is 5.91 Å². The topological polar surface area (TPSA) is 68.2 Å². The lowest BCUT2D eigenvalue weighted by atomic mass is 10.2. The Morgan fingerprint density at radius 3 is 2.91 bits per heavy atom. The smallest absolute Gasteiger partial charge is 0.256 e. The lowest BCUT2D eigenvalue weighted by Gasteiger charge is -2.15. The minimum atomic E-state index is -0.119. The average molecular weight is 331 g/mol. The fraction of sp³-hybridized carbons (Fsp3) is 0.375. The van der Waals surface area contributed by atoms with E-state index in [0.717, 1.165) is 11.3 Å². The quantitative estimate of drug-likeness (QED) is 0.861. The summed E-state index contributed by atoms with van der Waals surface area (Å²) in [6.07, 6.45) is 7.16. The Morgan fingerprint density at radius 2 is 2.17 bits per heavy atom. The highest BCUT2D eigenvalue weighted by atomic mass is 35.5. The van der Waals surface area contributed by atoms with E-state index in [1.807, 2.05) is 0 Å². The van der Waals surface area contributed by atoms with Crippen LogP contribution in [-0.4, -0.2) is 32.4 Å². The highest BCUT2D eigenvalue weighted by Crippen LogP contribution is 2.31. The van der Waals surface area contributed by atoms with Crippen molar-refractivity contribution in [1.29, 1.82) is 0 Å². The van der Waals surface area contributed by atoms with E-state index in [-0.39, 0.29) is 5.91 Å². The molecule has 6 nitrogen and oxygen atoms in total. The molecule has 2 aliphatic rings. The minimum Gasteiger partial charge on any atom is -0.476 e. The number of amides is 1. The molecular formula is C16H15ClN4O2. The van der Waals surface area contributed by atoms with Crippen molar-refractivity contribution in [2.24, 2.45) is 5.92 Å². The van der Waals surface area contributed by atoms with Crippen molar-refractivity contribution in [3.8, 4) is 5.88 Å². The molecule has 4 rings (SSSR count). The van der Waals surface area contributed by atoms with Gasteiger partial charge in [-0.3, -0.25) is 4.79 Å². The number of pyridine rings is 1. The van der Waals surface area contributed by atoms with Gasteiger partial charge in [0.2, 0.25) is 5.88 Å². The first-order valence-electron chi connectivity index (χ1n) is 7.56. The van der Waals surface area contributed by atoms with Gasteiger partial charge in [-0.2, -0.15) is 0 Å². The van der Waals surface area contributed by atoms with E-state index in [9.17, 15) is 4.79 Å². The summed E-state index contributed by atoms with van der Waals surface area (Å²) in [4.78, 5) is 26.7. The molecule has 23 heavy (non-hydrogen) atoms. The van der Waals surface area contributed by atoms with Gasteiger partial charge in [-0.15, -0.1) is 0 Å². The zero-order valence-corrected chi connectivity index (χ0v) is 13.2. The maximum absolute atomic E-state index is 12.6. The fourth-order valence-corrected chi connectivity index (χ4v) is 2.78. The maximum Gasteiger partial charge on any atom is 0.256 e.